The van der Waals surface area contributed by atoms with Crippen LogP contribution in [0.1, 0.15) is 51.0 Å². The first-order valence-corrected chi connectivity index (χ1v) is 12.1. The van der Waals surface area contributed by atoms with Crippen LogP contribution >= 0.6 is 11.3 Å². The number of hydrogen-bond acceptors (Lipinski definition) is 3. The zero-order chi connectivity index (χ0) is 23.8. The van der Waals surface area contributed by atoms with Crippen molar-refractivity contribution in [2.24, 2.45) is 0 Å². The van der Waals surface area contributed by atoms with Gasteiger partial charge in [-0.2, -0.15) is 0 Å². The van der Waals surface area contributed by atoms with E-state index in [-0.39, 0.29) is 24.2 Å². The first-order valence-electron chi connectivity index (χ1n) is 11.3. The van der Waals surface area contributed by atoms with Crippen molar-refractivity contribution in [3.05, 3.63) is 92.9 Å². The highest BCUT2D eigenvalue weighted by Crippen LogP contribution is 2.20. The fourth-order valence-corrected chi connectivity index (χ4v) is 4.55. The van der Waals surface area contributed by atoms with E-state index in [1.807, 2.05) is 50.2 Å². The first kappa shape index (κ1) is 24.6. The van der Waals surface area contributed by atoms with Crippen LogP contribution in [0.25, 0.3) is 0 Å². The van der Waals surface area contributed by atoms with Gasteiger partial charge in [0.05, 0.1) is 6.54 Å². The summed E-state index contributed by atoms with van der Waals surface area (Å²) in [7, 11) is 0. The largest absolute Gasteiger partial charge is 0.332 e. The molecule has 3 aromatic rings. The standard InChI is InChI=1S/C27H31FN2O2S/c1-4-5-16-29(27(32)25-9-7-6-8-20(25)2)19-26(31)30(18-24-15-10-21(3)33-24)17-22-11-13-23(28)14-12-22/h6-15H,4-5,16-19H2,1-3H3. The molecule has 0 bridgehead atoms. The molecule has 0 radical (unpaired) electrons. The van der Waals surface area contributed by atoms with Gasteiger partial charge in [0.15, 0.2) is 0 Å². The summed E-state index contributed by atoms with van der Waals surface area (Å²) < 4.78 is 13.4. The summed E-state index contributed by atoms with van der Waals surface area (Å²) in [5.74, 6) is -0.549. The minimum atomic E-state index is -0.305. The van der Waals surface area contributed by atoms with Gasteiger partial charge >= 0.3 is 0 Å². The van der Waals surface area contributed by atoms with Crippen LogP contribution in [0.3, 0.4) is 0 Å². The van der Waals surface area contributed by atoms with Crippen molar-refractivity contribution < 1.29 is 14.0 Å². The Kier molecular flexibility index (Phi) is 8.78. The third-order valence-electron chi connectivity index (χ3n) is 5.55. The van der Waals surface area contributed by atoms with Gasteiger partial charge in [0, 0.05) is 28.4 Å². The number of halogens is 1. The average Bonchev–Trinajstić information content (AvgIpc) is 3.22. The monoisotopic (exact) mass is 466 g/mol. The molecule has 2 aromatic carbocycles. The van der Waals surface area contributed by atoms with Crippen molar-refractivity contribution in [2.75, 3.05) is 13.1 Å². The van der Waals surface area contributed by atoms with E-state index in [9.17, 15) is 14.0 Å². The Morgan fingerprint density at radius 2 is 1.64 bits per heavy atom. The maximum absolute atomic E-state index is 13.5. The number of nitrogens with zero attached hydrogens (tertiary/aromatic N) is 2. The van der Waals surface area contributed by atoms with Gasteiger partial charge in [-0.1, -0.05) is 43.7 Å². The number of thiophene rings is 1. The maximum Gasteiger partial charge on any atom is 0.254 e. The molecule has 0 fully saturated rings. The predicted octanol–water partition coefficient (Wildman–Crippen LogP) is 5.98. The number of hydrogen-bond donors (Lipinski definition) is 0. The molecule has 1 aromatic heterocycles. The van der Waals surface area contributed by atoms with Gasteiger partial charge in [0.1, 0.15) is 12.4 Å². The number of rotatable bonds is 10. The van der Waals surface area contributed by atoms with Gasteiger partial charge in [-0.25, -0.2) is 4.39 Å². The van der Waals surface area contributed by atoms with E-state index in [0.717, 1.165) is 28.8 Å². The topological polar surface area (TPSA) is 40.6 Å². The van der Waals surface area contributed by atoms with E-state index in [1.54, 1.807) is 33.3 Å². The van der Waals surface area contributed by atoms with Crippen molar-refractivity contribution in [1.82, 2.24) is 9.80 Å². The number of carbonyl (C=O) groups excluding carboxylic acids is 2. The molecule has 0 saturated carbocycles. The quantitative estimate of drug-likeness (QED) is 0.369. The molecule has 0 saturated heterocycles. The van der Waals surface area contributed by atoms with E-state index in [1.165, 1.54) is 17.0 Å². The van der Waals surface area contributed by atoms with Crippen molar-refractivity contribution in [1.29, 1.82) is 0 Å². The van der Waals surface area contributed by atoms with Gasteiger partial charge < -0.3 is 9.80 Å². The Labute approximate surface area is 199 Å². The molecular weight excluding hydrogens is 435 g/mol. The molecule has 0 spiro atoms. The Balaban J connectivity index is 1.82. The van der Waals surface area contributed by atoms with E-state index in [4.69, 9.17) is 0 Å². The molecule has 3 rings (SSSR count). The zero-order valence-electron chi connectivity index (χ0n) is 19.5. The molecule has 0 aliphatic heterocycles. The Morgan fingerprint density at radius 3 is 2.27 bits per heavy atom. The van der Waals surface area contributed by atoms with Crippen LogP contribution in [0.2, 0.25) is 0 Å². The van der Waals surface area contributed by atoms with Crippen molar-refractivity contribution in [3.63, 3.8) is 0 Å². The summed E-state index contributed by atoms with van der Waals surface area (Å²) in [6.45, 7) is 7.36. The lowest BCUT2D eigenvalue weighted by Gasteiger charge is -2.28. The second kappa shape index (κ2) is 11.8. The highest BCUT2D eigenvalue weighted by molar-refractivity contribution is 7.11. The highest BCUT2D eigenvalue weighted by Gasteiger charge is 2.23. The number of aryl methyl sites for hydroxylation is 2. The molecule has 1 heterocycles. The molecule has 0 N–H and O–H groups in total. The van der Waals surface area contributed by atoms with E-state index in [0.29, 0.717) is 25.2 Å². The molecule has 0 aliphatic carbocycles. The van der Waals surface area contributed by atoms with Crippen LogP contribution in [-0.4, -0.2) is 34.7 Å². The fourth-order valence-electron chi connectivity index (χ4n) is 3.65. The lowest BCUT2D eigenvalue weighted by Crippen LogP contribution is -2.43. The van der Waals surface area contributed by atoms with Gasteiger partial charge in [-0.3, -0.25) is 9.59 Å². The Bertz CT molecular complexity index is 1080. The van der Waals surface area contributed by atoms with Crippen LogP contribution in [0.4, 0.5) is 4.39 Å². The summed E-state index contributed by atoms with van der Waals surface area (Å²) in [5.41, 5.74) is 2.37. The minimum absolute atomic E-state index is 0.0126. The Hall–Kier alpha value is -2.99. The van der Waals surface area contributed by atoms with Crippen LogP contribution in [-0.2, 0) is 17.9 Å². The molecule has 4 nitrogen and oxygen atoms in total. The van der Waals surface area contributed by atoms with Crippen LogP contribution in [0.15, 0.2) is 60.7 Å². The number of unbranched alkanes of at least 4 members (excludes halogenated alkanes) is 1. The second-order valence-corrected chi connectivity index (χ2v) is 9.66. The summed E-state index contributed by atoms with van der Waals surface area (Å²) in [6, 6.07) is 17.7. The molecule has 6 heteroatoms. The van der Waals surface area contributed by atoms with Gasteiger partial charge in [0.25, 0.3) is 5.91 Å². The molecular formula is C27H31FN2O2S. The van der Waals surface area contributed by atoms with Crippen molar-refractivity contribution >= 4 is 23.2 Å². The number of benzene rings is 2. The van der Waals surface area contributed by atoms with Gasteiger partial charge in [0.2, 0.25) is 5.91 Å². The predicted molar refractivity (Wildman–Crippen MR) is 132 cm³/mol. The van der Waals surface area contributed by atoms with Crippen molar-refractivity contribution in [3.8, 4) is 0 Å². The normalized spacial score (nSPS) is 10.8. The van der Waals surface area contributed by atoms with Crippen LogP contribution < -0.4 is 0 Å². The van der Waals surface area contributed by atoms with Crippen LogP contribution in [0.5, 0.6) is 0 Å². The third kappa shape index (κ3) is 6.99. The summed E-state index contributed by atoms with van der Waals surface area (Å²) in [6.07, 6.45) is 1.76. The number of amides is 2. The molecule has 0 unspecified atom stereocenters. The molecule has 0 aliphatic rings. The maximum atomic E-state index is 13.5. The van der Waals surface area contributed by atoms with Crippen LogP contribution in [0, 0.1) is 19.7 Å². The molecule has 33 heavy (non-hydrogen) atoms. The average molecular weight is 467 g/mol. The SMILES string of the molecule is CCCCN(CC(=O)N(Cc1ccc(F)cc1)Cc1ccc(C)s1)C(=O)c1ccccc1C. The van der Waals surface area contributed by atoms with Gasteiger partial charge in [-0.15, -0.1) is 11.3 Å². The van der Waals surface area contributed by atoms with Gasteiger partial charge in [-0.05, 0) is 61.7 Å². The lowest BCUT2D eigenvalue weighted by atomic mass is 10.1. The lowest BCUT2D eigenvalue weighted by molar-refractivity contribution is -0.133. The zero-order valence-corrected chi connectivity index (χ0v) is 20.3. The van der Waals surface area contributed by atoms with Crippen molar-refractivity contribution in [2.45, 2.75) is 46.7 Å². The van der Waals surface area contributed by atoms with E-state index in [2.05, 4.69) is 6.92 Å². The molecule has 174 valence electrons. The Morgan fingerprint density at radius 1 is 0.909 bits per heavy atom. The smallest absolute Gasteiger partial charge is 0.254 e. The number of carbonyl (C=O) groups is 2. The first-order chi connectivity index (χ1) is 15.9. The molecule has 2 amide bonds. The van der Waals surface area contributed by atoms with E-state index < -0.39 is 0 Å². The third-order valence-corrected chi connectivity index (χ3v) is 6.54. The minimum Gasteiger partial charge on any atom is -0.332 e. The second-order valence-electron chi connectivity index (χ2n) is 8.28. The fraction of sp³-hybridized carbons (Fsp3) is 0.333. The summed E-state index contributed by atoms with van der Waals surface area (Å²) in [5, 5.41) is 0. The highest BCUT2D eigenvalue weighted by atomic mass is 32.1. The summed E-state index contributed by atoms with van der Waals surface area (Å²) in [4.78, 5) is 32.5. The molecule has 0 atom stereocenters. The summed E-state index contributed by atoms with van der Waals surface area (Å²) >= 11 is 1.65. The van der Waals surface area contributed by atoms with E-state index >= 15 is 0 Å².